The van der Waals surface area contributed by atoms with Gasteiger partial charge in [0.15, 0.2) is 11.9 Å². The summed E-state index contributed by atoms with van der Waals surface area (Å²) in [5.41, 5.74) is 5.20. The van der Waals surface area contributed by atoms with Gasteiger partial charge in [0.1, 0.15) is 43.1 Å². The lowest BCUT2D eigenvalue weighted by atomic mass is 9.97. The third-order valence-corrected chi connectivity index (χ3v) is 8.66. The largest absolute Gasteiger partial charge is 0.490 e. The van der Waals surface area contributed by atoms with Crippen LogP contribution in [0.1, 0.15) is 11.1 Å². The summed E-state index contributed by atoms with van der Waals surface area (Å²) < 4.78 is 31.8. The molecule has 0 unspecified atom stereocenters. The zero-order chi connectivity index (χ0) is 35.3. The number of aryl methyl sites for hydroxylation is 2. The molecule has 3 aliphatic heterocycles. The molecule has 13 heteroatoms. The Hall–Kier alpha value is -5.88. The Morgan fingerprint density at radius 1 is 0.824 bits per heavy atom. The zero-order valence-electron chi connectivity index (χ0n) is 27.6. The summed E-state index contributed by atoms with van der Waals surface area (Å²) in [5.74, 6) is 2.89. The van der Waals surface area contributed by atoms with Crippen molar-refractivity contribution < 1.29 is 23.7 Å². The molecule has 0 spiro atoms. The van der Waals surface area contributed by atoms with Crippen molar-refractivity contribution in [2.45, 2.75) is 32.0 Å². The predicted molar refractivity (Wildman–Crippen MR) is 191 cm³/mol. The summed E-state index contributed by atoms with van der Waals surface area (Å²) in [6, 6.07) is 18.8. The number of ether oxygens (including phenoxy) is 5. The zero-order valence-corrected chi connectivity index (χ0v) is 28.4. The molecule has 0 saturated carbocycles. The minimum absolute atomic E-state index is 0.200. The van der Waals surface area contributed by atoms with E-state index in [4.69, 9.17) is 35.3 Å². The summed E-state index contributed by atoms with van der Waals surface area (Å²) >= 11 is 5.89. The number of hydrogen-bond acceptors (Lipinski definition) is 10. The maximum atomic E-state index is 12.6. The topological polar surface area (TPSA) is 129 Å². The van der Waals surface area contributed by atoms with Crippen LogP contribution in [0.4, 0.5) is 0 Å². The molecule has 0 fully saturated rings. The molecule has 0 amide bonds. The highest BCUT2D eigenvalue weighted by Gasteiger charge is 2.24. The van der Waals surface area contributed by atoms with Gasteiger partial charge in [-0.3, -0.25) is 9.13 Å². The summed E-state index contributed by atoms with van der Waals surface area (Å²) in [6.07, 6.45) is 6.25. The summed E-state index contributed by atoms with van der Waals surface area (Å²) in [7, 11) is 0. The van der Waals surface area contributed by atoms with Gasteiger partial charge in [-0.1, -0.05) is 36.9 Å². The molecule has 3 aliphatic rings. The smallest absolute Gasteiger partial charge is 0.351 e. The molecule has 8 rings (SSSR count). The second-order valence-corrected chi connectivity index (χ2v) is 12.2. The van der Waals surface area contributed by atoms with Crippen LogP contribution in [0.5, 0.6) is 29.0 Å². The molecule has 0 N–H and O–H groups in total. The highest BCUT2D eigenvalue weighted by molar-refractivity contribution is 6.29. The van der Waals surface area contributed by atoms with Crippen LogP contribution in [0.15, 0.2) is 102 Å². The molecule has 51 heavy (non-hydrogen) atoms. The molecular weight excluding hydrogens is 674 g/mol. The lowest BCUT2D eigenvalue weighted by molar-refractivity contribution is 0.0486. The average Bonchev–Trinajstić information content (AvgIpc) is 3.15. The van der Waals surface area contributed by atoms with Crippen LogP contribution in [0.2, 0.25) is 5.15 Å². The van der Waals surface area contributed by atoms with E-state index in [0.717, 1.165) is 58.0 Å². The van der Waals surface area contributed by atoms with E-state index in [9.17, 15) is 9.59 Å². The van der Waals surface area contributed by atoms with E-state index in [2.05, 4.69) is 28.1 Å². The van der Waals surface area contributed by atoms with E-state index < -0.39 is 0 Å². The van der Waals surface area contributed by atoms with Crippen LogP contribution < -0.4 is 35.1 Å². The molecule has 0 saturated heterocycles. The molecule has 3 aromatic heterocycles. The fraction of sp³-hybridized carbons (Fsp3) is 0.237. The molecule has 5 aromatic rings. The summed E-state index contributed by atoms with van der Waals surface area (Å²) in [6.45, 7) is 9.90. The van der Waals surface area contributed by atoms with Crippen molar-refractivity contribution in [2.75, 3.05) is 26.4 Å². The van der Waals surface area contributed by atoms with Crippen LogP contribution in [0.25, 0.3) is 22.5 Å². The van der Waals surface area contributed by atoms with Crippen molar-refractivity contribution in [1.29, 1.82) is 0 Å². The first-order valence-corrected chi connectivity index (χ1v) is 16.8. The van der Waals surface area contributed by atoms with Gasteiger partial charge in [-0.25, -0.2) is 14.6 Å². The van der Waals surface area contributed by atoms with Gasteiger partial charge in [-0.05, 0) is 72.5 Å². The van der Waals surface area contributed by atoms with Crippen molar-refractivity contribution in [3.05, 3.63) is 129 Å². The fourth-order valence-electron chi connectivity index (χ4n) is 6.14. The van der Waals surface area contributed by atoms with Gasteiger partial charge < -0.3 is 23.7 Å². The van der Waals surface area contributed by atoms with E-state index in [-0.39, 0.29) is 35.1 Å². The minimum atomic E-state index is -0.333. The highest BCUT2D eigenvalue weighted by atomic mass is 35.5. The second kappa shape index (κ2) is 14.9. The summed E-state index contributed by atoms with van der Waals surface area (Å²) in [4.78, 5) is 36.4. The first-order chi connectivity index (χ1) is 24.9. The van der Waals surface area contributed by atoms with Gasteiger partial charge in [-0.15, -0.1) is 0 Å². The Labute approximate surface area is 298 Å². The number of hydrogen-bond donors (Lipinski definition) is 0. The molecule has 0 radical (unpaired) electrons. The van der Waals surface area contributed by atoms with Crippen LogP contribution in [-0.2, 0) is 25.9 Å². The third-order valence-electron chi connectivity index (χ3n) is 8.47. The van der Waals surface area contributed by atoms with Crippen LogP contribution in [0, 0.1) is 0 Å². The van der Waals surface area contributed by atoms with Gasteiger partial charge in [0.25, 0.3) is 5.88 Å². The number of aromatic nitrogens is 5. The van der Waals surface area contributed by atoms with Crippen molar-refractivity contribution in [1.82, 2.24) is 24.1 Å². The number of halogens is 1. The number of fused-ring (bicyclic) bond motifs is 7. The predicted octanol–water partition coefficient (Wildman–Crippen LogP) is 5.33. The molecule has 2 aromatic carbocycles. The van der Waals surface area contributed by atoms with Crippen molar-refractivity contribution >= 4 is 11.6 Å². The van der Waals surface area contributed by atoms with Crippen LogP contribution in [-0.4, -0.2) is 56.6 Å². The number of rotatable bonds is 9. The van der Waals surface area contributed by atoms with Crippen molar-refractivity contribution in [3.63, 3.8) is 0 Å². The summed E-state index contributed by atoms with van der Waals surface area (Å²) in [5, 5.41) is 0.223. The van der Waals surface area contributed by atoms with Crippen molar-refractivity contribution in [3.8, 4) is 51.5 Å². The van der Waals surface area contributed by atoms with Crippen LogP contribution >= 0.6 is 11.6 Å². The average molecular weight is 708 g/mol. The minimum Gasteiger partial charge on any atom is -0.490 e. The number of nitrogens with zero attached hydrogens (tertiary/aromatic N) is 5. The van der Waals surface area contributed by atoms with E-state index in [0.29, 0.717) is 44.5 Å². The third kappa shape index (κ3) is 7.36. The quantitative estimate of drug-likeness (QED) is 0.147. The number of pyridine rings is 1. The monoisotopic (exact) mass is 707 g/mol. The fourth-order valence-corrected chi connectivity index (χ4v) is 6.32. The maximum absolute atomic E-state index is 12.6. The Morgan fingerprint density at radius 3 is 2.10 bits per heavy atom. The van der Waals surface area contributed by atoms with Gasteiger partial charge >= 0.3 is 11.4 Å². The number of benzene rings is 2. The first kappa shape index (κ1) is 33.6. The molecule has 0 bridgehead atoms. The first-order valence-electron chi connectivity index (χ1n) is 16.4. The second-order valence-electron chi connectivity index (χ2n) is 11.8. The SMILES string of the molecule is C=CCOc1ccc2c(c1)CCn1c-2cc(Cl)nc1=O.C=CCOc1ccc2c(c1)CCn1c-2cc(OC[C@H]2COc3ncccc3O2)nc1=O. The lowest BCUT2D eigenvalue weighted by Crippen LogP contribution is -2.35. The maximum Gasteiger partial charge on any atom is 0.351 e. The highest BCUT2D eigenvalue weighted by Crippen LogP contribution is 2.34. The lowest BCUT2D eigenvalue weighted by Gasteiger charge is -2.25. The van der Waals surface area contributed by atoms with E-state index in [1.165, 1.54) is 0 Å². The van der Waals surface area contributed by atoms with Crippen LogP contribution in [0.3, 0.4) is 0 Å². The van der Waals surface area contributed by atoms with Gasteiger partial charge in [-0.2, -0.15) is 9.97 Å². The standard InChI is InChI=1S/C23H21N3O5.C15H13ClN2O2/c1-2-10-28-16-5-6-18-15(11-16)7-9-26-19(18)12-21(25-23(26)27)29-13-17-14-30-22-20(31-17)4-3-8-24-22;1-2-7-20-11-3-4-12-10(8-11)5-6-18-13(12)9-14(16)17-15(18)19/h2-6,8,11-12,17H,1,7,9-10,13-14H2;2-4,8-9H,1,5-7H2/t17-;/m0./s1. The van der Waals surface area contributed by atoms with Gasteiger partial charge in [0.2, 0.25) is 5.88 Å². The Balaban J connectivity index is 0.000000175. The Kier molecular flexibility index (Phi) is 9.84. The molecule has 12 nitrogen and oxygen atoms in total. The van der Waals surface area contributed by atoms with E-state index in [1.807, 2.05) is 36.4 Å². The normalized spacial score (nSPS) is 14.6. The molecule has 260 valence electrons. The molecule has 6 heterocycles. The Bertz CT molecular complexity index is 2230. The van der Waals surface area contributed by atoms with E-state index >= 15 is 0 Å². The van der Waals surface area contributed by atoms with Gasteiger partial charge in [0.05, 0.1) is 11.4 Å². The van der Waals surface area contributed by atoms with E-state index in [1.54, 1.807) is 51.7 Å². The molecular formula is C38H34ClN5O7. The van der Waals surface area contributed by atoms with Crippen molar-refractivity contribution in [2.24, 2.45) is 0 Å². The Morgan fingerprint density at radius 2 is 1.45 bits per heavy atom. The molecule has 0 aliphatic carbocycles. The molecule has 1 atom stereocenters. The van der Waals surface area contributed by atoms with Gasteiger partial charge in [0, 0.05) is 42.5 Å².